The van der Waals surface area contributed by atoms with E-state index in [2.05, 4.69) is 17.6 Å². The highest BCUT2D eigenvalue weighted by Crippen LogP contribution is 2.30. The Morgan fingerprint density at radius 3 is 1.97 bits per heavy atom. The first kappa shape index (κ1) is 34.5. The Balaban J connectivity index is 3.55. The van der Waals surface area contributed by atoms with E-state index >= 15 is 0 Å². The maximum absolute atomic E-state index is 14.4. The number of alkyl carbamates (subject to hydrolysis) is 1. The van der Waals surface area contributed by atoms with Gasteiger partial charge in [-0.25, -0.2) is 4.79 Å². The zero-order valence-electron chi connectivity index (χ0n) is 26.3. The lowest BCUT2D eigenvalue weighted by Crippen LogP contribution is -2.56. The average Bonchev–Trinajstić information content (AvgIpc) is 2.82. The molecule has 3 amide bonds. The fourth-order valence-corrected chi connectivity index (χ4v) is 4.78. The van der Waals surface area contributed by atoms with Crippen LogP contribution in [0, 0.1) is 19.8 Å². The minimum absolute atomic E-state index is 0.0828. The minimum atomic E-state index is -0.816. The lowest BCUT2D eigenvalue weighted by molar-refractivity contribution is -0.143. The van der Waals surface area contributed by atoms with E-state index in [0.29, 0.717) is 13.0 Å². The summed E-state index contributed by atoms with van der Waals surface area (Å²) in [6.45, 7) is 19.8. The number of unbranched alkanes of at least 4 members (excludes halogenated alkanes) is 5. The first-order chi connectivity index (χ1) is 18.2. The van der Waals surface area contributed by atoms with Gasteiger partial charge in [-0.1, -0.05) is 77.5 Å². The number of rotatable bonds is 15. The van der Waals surface area contributed by atoms with E-state index in [4.69, 9.17) is 4.74 Å². The van der Waals surface area contributed by atoms with E-state index in [-0.39, 0.29) is 23.8 Å². The smallest absolute Gasteiger partial charge is 0.408 e. The molecule has 0 radical (unpaired) electrons. The van der Waals surface area contributed by atoms with Gasteiger partial charge in [0.2, 0.25) is 11.8 Å². The summed E-state index contributed by atoms with van der Waals surface area (Å²) in [6, 6.07) is 4.23. The SMILES string of the molecule is CCCCCCCCN(C(=O)C(NC(=O)OC(C)(C)C)C(C)CC)C(C(=O)NC(C)C)c1c(C)cccc1C. The molecule has 39 heavy (non-hydrogen) atoms. The summed E-state index contributed by atoms with van der Waals surface area (Å²) in [5.74, 6) is -0.610. The van der Waals surface area contributed by atoms with Crippen molar-refractivity contribution in [1.82, 2.24) is 15.5 Å². The lowest BCUT2D eigenvalue weighted by Gasteiger charge is -2.37. The number of benzene rings is 1. The van der Waals surface area contributed by atoms with Crippen LogP contribution in [0.25, 0.3) is 0 Å². The van der Waals surface area contributed by atoms with Crippen LogP contribution < -0.4 is 10.6 Å². The molecule has 7 heteroatoms. The summed E-state index contributed by atoms with van der Waals surface area (Å²) in [5.41, 5.74) is 2.07. The fraction of sp³-hybridized carbons (Fsp3) is 0.719. The van der Waals surface area contributed by atoms with Crippen LogP contribution >= 0.6 is 0 Å². The highest BCUT2D eigenvalue weighted by Gasteiger charge is 2.39. The van der Waals surface area contributed by atoms with Gasteiger partial charge in [0, 0.05) is 12.6 Å². The standard InChI is InChI=1S/C32H55N3O4/c1-11-13-14-15-16-17-21-35(30(37)27(23(5)12-2)34-31(38)39-32(8,9)10)28(29(36)33-22(3)4)26-24(6)19-18-20-25(26)7/h18-20,22-23,27-28H,11-17,21H2,1-10H3,(H,33,36)(H,34,38). The molecular formula is C32H55N3O4. The molecule has 222 valence electrons. The molecule has 0 spiro atoms. The van der Waals surface area contributed by atoms with Gasteiger partial charge in [0.05, 0.1) is 0 Å². The number of nitrogens with zero attached hydrogens (tertiary/aromatic N) is 1. The monoisotopic (exact) mass is 545 g/mol. The predicted octanol–water partition coefficient (Wildman–Crippen LogP) is 7.00. The number of nitrogens with one attached hydrogen (secondary N) is 2. The highest BCUT2D eigenvalue weighted by atomic mass is 16.6. The van der Waals surface area contributed by atoms with E-state index in [1.165, 1.54) is 12.8 Å². The molecule has 3 unspecified atom stereocenters. The van der Waals surface area contributed by atoms with E-state index < -0.39 is 23.8 Å². The third-order valence-corrected chi connectivity index (χ3v) is 6.99. The van der Waals surface area contributed by atoms with Crippen LogP contribution in [0.4, 0.5) is 4.79 Å². The summed E-state index contributed by atoms with van der Waals surface area (Å²) in [5, 5.41) is 5.91. The van der Waals surface area contributed by atoms with Crippen molar-refractivity contribution in [3.05, 3.63) is 34.9 Å². The number of carbonyl (C=O) groups excluding carboxylic acids is 3. The van der Waals surface area contributed by atoms with Gasteiger partial charge in [0.15, 0.2) is 0 Å². The molecule has 0 saturated carbocycles. The second-order valence-corrected chi connectivity index (χ2v) is 12.2. The molecule has 3 atom stereocenters. The zero-order chi connectivity index (χ0) is 29.8. The molecule has 7 nitrogen and oxygen atoms in total. The van der Waals surface area contributed by atoms with Crippen molar-refractivity contribution >= 4 is 17.9 Å². The molecular weight excluding hydrogens is 490 g/mol. The molecule has 0 aliphatic carbocycles. The Morgan fingerprint density at radius 1 is 0.897 bits per heavy atom. The third kappa shape index (κ3) is 11.6. The van der Waals surface area contributed by atoms with Gasteiger partial charge in [-0.05, 0) is 77.5 Å². The molecule has 0 aliphatic rings. The Kier molecular flexibility index (Phi) is 14.6. The first-order valence-electron chi connectivity index (χ1n) is 14.9. The fourth-order valence-electron chi connectivity index (χ4n) is 4.78. The van der Waals surface area contributed by atoms with Gasteiger partial charge in [-0.2, -0.15) is 0 Å². The molecule has 0 aliphatic heterocycles. The molecule has 0 heterocycles. The van der Waals surface area contributed by atoms with Crippen molar-refractivity contribution < 1.29 is 19.1 Å². The van der Waals surface area contributed by atoms with E-state index in [0.717, 1.165) is 42.4 Å². The Morgan fingerprint density at radius 2 is 1.46 bits per heavy atom. The zero-order valence-corrected chi connectivity index (χ0v) is 26.3. The van der Waals surface area contributed by atoms with Crippen LogP contribution in [0.15, 0.2) is 18.2 Å². The van der Waals surface area contributed by atoms with Crippen LogP contribution in [0.2, 0.25) is 0 Å². The van der Waals surface area contributed by atoms with Crippen LogP contribution in [0.3, 0.4) is 0 Å². The van der Waals surface area contributed by atoms with Gasteiger partial charge in [0.1, 0.15) is 17.7 Å². The van der Waals surface area contributed by atoms with Crippen LogP contribution in [-0.2, 0) is 14.3 Å². The molecule has 1 aromatic rings. The van der Waals surface area contributed by atoms with Crippen LogP contribution in [0.1, 0.15) is 123 Å². The van der Waals surface area contributed by atoms with E-state index in [1.54, 1.807) is 25.7 Å². The van der Waals surface area contributed by atoms with Gasteiger partial charge in [-0.3, -0.25) is 9.59 Å². The first-order valence-corrected chi connectivity index (χ1v) is 14.9. The number of hydrogen-bond acceptors (Lipinski definition) is 4. The molecule has 0 fully saturated rings. The maximum atomic E-state index is 14.4. The summed E-state index contributed by atoms with van der Waals surface area (Å²) in [7, 11) is 0. The number of hydrogen-bond donors (Lipinski definition) is 2. The summed E-state index contributed by atoms with van der Waals surface area (Å²) < 4.78 is 5.51. The minimum Gasteiger partial charge on any atom is -0.444 e. The number of aryl methyl sites for hydroxylation is 2. The topological polar surface area (TPSA) is 87.7 Å². The second-order valence-electron chi connectivity index (χ2n) is 12.2. The summed E-state index contributed by atoms with van der Waals surface area (Å²) in [4.78, 5) is 42.8. The maximum Gasteiger partial charge on any atom is 0.408 e. The van der Waals surface area contributed by atoms with Crippen molar-refractivity contribution in [3.63, 3.8) is 0 Å². The highest BCUT2D eigenvalue weighted by molar-refractivity contribution is 5.92. The van der Waals surface area contributed by atoms with Crippen molar-refractivity contribution in [2.45, 2.75) is 138 Å². The van der Waals surface area contributed by atoms with Crippen molar-refractivity contribution in [2.24, 2.45) is 5.92 Å². The van der Waals surface area contributed by atoms with Gasteiger partial charge >= 0.3 is 6.09 Å². The Labute approximate surface area is 237 Å². The number of carbonyl (C=O) groups is 3. The average molecular weight is 546 g/mol. The largest absolute Gasteiger partial charge is 0.444 e. The van der Waals surface area contributed by atoms with Crippen molar-refractivity contribution in [3.8, 4) is 0 Å². The molecule has 2 N–H and O–H groups in total. The molecule has 0 saturated heterocycles. The van der Waals surface area contributed by atoms with Crippen LogP contribution in [-0.4, -0.2) is 47.0 Å². The third-order valence-electron chi connectivity index (χ3n) is 6.99. The number of amides is 3. The quantitative estimate of drug-likeness (QED) is 0.232. The van der Waals surface area contributed by atoms with Gasteiger partial charge in [-0.15, -0.1) is 0 Å². The lowest BCUT2D eigenvalue weighted by atomic mass is 9.91. The predicted molar refractivity (Wildman–Crippen MR) is 160 cm³/mol. The molecule has 1 rings (SSSR count). The molecule has 1 aromatic carbocycles. The van der Waals surface area contributed by atoms with Crippen molar-refractivity contribution in [2.75, 3.05) is 6.54 Å². The van der Waals surface area contributed by atoms with Crippen molar-refractivity contribution in [1.29, 1.82) is 0 Å². The molecule has 0 bridgehead atoms. The van der Waals surface area contributed by atoms with Gasteiger partial charge < -0.3 is 20.3 Å². The normalized spacial score (nSPS) is 13.9. The van der Waals surface area contributed by atoms with E-state index in [1.807, 2.05) is 59.7 Å². The second kappa shape index (κ2) is 16.5. The summed E-state index contributed by atoms with van der Waals surface area (Å²) in [6.07, 6.45) is 6.43. The van der Waals surface area contributed by atoms with Gasteiger partial charge in [0.25, 0.3) is 0 Å². The number of ether oxygens (including phenoxy) is 1. The summed E-state index contributed by atoms with van der Waals surface area (Å²) >= 11 is 0. The van der Waals surface area contributed by atoms with E-state index in [9.17, 15) is 14.4 Å². The molecule has 0 aromatic heterocycles. The van der Waals surface area contributed by atoms with Crippen LogP contribution in [0.5, 0.6) is 0 Å². The Hall–Kier alpha value is -2.57. The Bertz CT molecular complexity index is 902.